The molecule has 0 fully saturated rings. The molecule has 4 aromatic rings. The quantitative estimate of drug-likeness (QED) is 0.372. The zero-order valence-corrected chi connectivity index (χ0v) is 19.0. The summed E-state index contributed by atoms with van der Waals surface area (Å²) in [6, 6.07) is 24.7. The molecule has 2 amide bonds. The number of carbonyl (C=O) groups excluding carboxylic acids is 2. The Hall–Kier alpha value is -3.84. The number of anilines is 1. The van der Waals surface area contributed by atoms with E-state index in [1.54, 1.807) is 12.3 Å². The van der Waals surface area contributed by atoms with E-state index >= 15 is 0 Å². The molecule has 0 aliphatic rings. The molecule has 3 aromatic carbocycles. The molecule has 0 aliphatic carbocycles. The minimum Gasteiger partial charge on any atom is -0.351 e. The van der Waals surface area contributed by atoms with Gasteiger partial charge in [0.05, 0.1) is 5.75 Å². The van der Waals surface area contributed by atoms with Gasteiger partial charge in [-0.05, 0) is 42.8 Å². The average molecular weight is 457 g/mol. The molecule has 0 bridgehead atoms. The Balaban J connectivity index is 1.37. The second-order valence-electron chi connectivity index (χ2n) is 7.50. The summed E-state index contributed by atoms with van der Waals surface area (Å²) in [4.78, 5) is 29.4. The van der Waals surface area contributed by atoms with Crippen LogP contribution in [0.4, 0.5) is 5.69 Å². The monoisotopic (exact) mass is 456 g/mol. The SMILES string of the molecule is Cc1ccc(CNC(=O)CSc2nccn2-c2cccc(C(=O)Nc3ccccc3)c2)cc1. The predicted molar refractivity (Wildman–Crippen MR) is 132 cm³/mol. The van der Waals surface area contributed by atoms with Gasteiger partial charge in [0.15, 0.2) is 5.16 Å². The first kappa shape index (κ1) is 22.4. The van der Waals surface area contributed by atoms with Gasteiger partial charge in [0.2, 0.25) is 5.91 Å². The highest BCUT2D eigenvalue weighted by molar-refractivity contribution is 7.99. The van der Waals surface area contributed by atoms with Gasteiger partial charge in [0.1, 0.15) is 0 Å². The molecule has 166 valence electrons. The maximum absolute atomic E-state index is 12.6. The van der Waals surface area contributed by atoms with Gasteiger partial charge in [-0.3, -0.25) is 14.2 Å². The van der Waals surface area contributed by atoms with Gasteiger partial charge in [0, 0.05) is 35.9 Å². The van der Waals surface area contributed by atoms with Crippen molar-refractivity contribution in [3.05, 3.63) is 108 Å². The summed E-state index contributed by atoms with van der Waals surface area (Å²) in [5.41, 5.74) is 4.33. The molecule has 0 saturated carbocycles. The second kappa shape index (κ2) is 10.7. The molecule has 2 N–H and O–H groups in total. The van der Waals surface area contributed by atoms with Gasteiger partial charge in [-0.15, -0.1) is 0 Å². The van der Waals surface area contributed by atoms with E-state index in [4.69, 9.17) is 0 Å². The highest BCUT2D eigenvalue weighted by atomic mass is 32.2. The first-order valence-corrected chi connectivity index (χ1v) is 11.5. The van der Waals surface area contributed by atoms with Crippen molar-refractivity contribution in [2.75, 3.05) is 11.1 Å². The van der Waals surface area contributed by atoms with Gasteiger partial charge < -0.3 is 10.6 Å². The number of carbonyl (C=O) groups is 2. The van der Waals surface area contributed by atoms with Gasteiger partial charge in [-0.2, -0.15) is 0 Å². The number of para-hydroxylation sites is 1. The summed E-state index contributed by atoms with van der Waals surface area (Å²) in [7, 11) is 0. The molecular formula is C26H24N4O2S. The van der Waals surface area contributed by atoms with Crippen LogP contribution in [0.5, 0.6) is 0 Å². The number of amides is 2. The van der Waals surface area contributed by atoms with Crippen molar-refractivity contribution in [1.29, 1.82) is 0 Å². The molecule has 0 unspecified atom stereocenters. The molecule has 0 spiro atoms. The summed E-state index contributed by atoms with van der Waals surface area (Å²) in [6.07, 6.45) is 3.50. The Labute approximate surface area is 197 Å². The van der Waals surface area contributed by atoms with Crippen molar-refractivity contribution < 1.29 is 9.59 Å². The van der Waals surface area contributed by atoms with Crippen LogP contribution in [-0.4, -0.2) is 27.1 Å². The Morgan fingerprint density at radius 1 is 0.970 bits per heavy atom. The Bertz CT molecular complexity index is 1240. The van der Waals surface area contributed by atoms with E-state index < -0.39 is 0 Å². The fourth-order valence-electron chi connectivity index (χ4n) is 3.20. The lowest BCUT2D eigenvalue weighted by Gasteiger charge is -2.10. The third-order valence-corrected chi connectivity index (χ3v) is 5.93. The zero-order valence-electron chi connectivity index (χ0n) is 18.2. The Morgan fingerprint density at radius 2 is 1.76 bits per heavy atom. The standard InChI is InChI=1S/C26H24N4O2S/c1-19-10-12-20(13-11-19)17-28-24(31)18-33-26-27-14-15-30(26)23-9-5-6-21(16-23)25(32)29-22-7-3-2-4-8-22/h2-16H,17-18H2,1H3,(H,28,31)(H,29,32). The third kappa shape index (κ3) is 6.11. The van der Waals surface area contributed by atoms with E-state index in [1.165, 1.54) is 17.3 Å². The van der Waals surface area contributed by atoms with Gasteiger partial charge >= 0.3 is 0 Å². The number of hydrogen-bond acceptors (Lipinski definition) is 4. The highest BCUT2D eigenvalue weighted by Gasteiger charge is 2.12. The number of nitrogens with zero attached hydrogens (tertiary/aromatic N) is 2. The predicted octanol–water partition coefficient (Wildman–Crippen LogP) is 4.84. The lowest BCUT2D eigenvalue weighted by molar-refractivity contribution is -0.118. The van der Waals surface area contributed by atoms with Crippen LogP contribution in [0.2, 0.25) is 0 Å². The highest BCUT2D eigenvalue weighted by Crippen LogP contribution is 2.21. The van der Waals surface area contributed by atoms with Crippen LogP contribution in [0.1, 0.15) is 21.5 Å². The van der Waals surface area contributed by atoms with E-state index in [-0.39, 0.29) is 17.6 Å². The number of benzene rings is 3. The summed E-state index contributed by atoms with van der Waals surface area (Å²) < 4.78 is 1.87. The molecule has 7 heteroatoms. The van der Waals surface area contributed by atoms with E-state index in [0.29, 0.717) is 17.3 Å². The molecule has 6 nitrogen and oxygen atoms in total. The fourth-order valence-corrected chi connectivity index (χ4v) is 4.01. The normalized spacial score (nSPS) is 10.6. The van der Waals surface area contributed by atoms with Crippen LogP contribution in [0.25, 0.3) is 5.69 Å². The van der Waals surface area contributed by atoms with Crippen LogP contribution in [0.3, 0.4) is 0 Å². The maximum Gasteiger partial charge on any atom is 0.255 e. The smallest absolute Gasteiger partial charge is 0.255 e. The number of hydrogen-bond donors (Lipinski definition) is 2. The van der Waals surface area contributed by atoms with Crippen LogP contribution < -0.4 is 10.6 Å². The number of imidazole rings is 1. The largest absolute Gasteiger partial charge is 0.351 e. The summed E-state index contributed by atoms with van der Waals surface area (Å²) >= 11 is 1.35. The van der Waals surface area contributed by atoms with Crippen LogP contribution in [0.15, 0.2) is 96.4 Å². The molecule has 1 aromatic heterocycles. The summed E-state index contributed by atoms with van der Waals surface area (Å²) in [5, 5.41) is 6.51. The number of aryl methyl sites for hydroxylation is 1. The minimum absolute atomic E-state index is 0.0638. The first-order chi connectivity index (χ1) is 16.1. The minimum atomic E-state index is -0.187. The van der Waals surface area contributed by atoms with Crippen molar-refractivity contribution in [3.8, 4) is 5.69 Å². The number of rotatable bonds is 8. The maximum atomic E-state index is 12.6. The van der Waals surface area contributed by atoms with Crippen molar-refractivity contribution >= 4 is 29.3 Å². The Kier molecular flexibility index (Phi) is 7.22. The molecule has 0 radical (unpaired) electrons. The zero-order chi connectivity index (χ0) is 23.0. The number of aromatic nitrogens is 2. The van der Waals surface area contributed by atoms with Crippen molar-refractivity contribution in [2.45, 2.75) is 18.6 Å². The second-order valence-corrected chi connectivity index (χ2v) is 8.44. The van der Waals surface area contributed by atoms with Gasteiger partial charge in [-0.1, -0.05) is 65.9 Å². The van der Waals surface area contributed by atoms with Crippen LogP contribution in [0, 0.1) is 6.92 Å². The number of nitrogens with one attached hydrogen (secondary N) is 2. The molecule has 4 rings (SSSR count). The average Bonchev–Trinajstić information content (AvgIpc) is 3.32. The molecular weight excluding hydrogens is 432 g/mol. The van der Waals surface area contributed by atoms with E-state index in [1.807, 2.05) is 90.5 Å². The third-order valence-electron chi connectivity index (χ3n) is 4.97. The molecule has 33 heavy (non-hydrogen) atoms. The van der Waals surface area contributed by atoms with Crippen LogP contribution in [-0.2, 0) is 11.3 Å². The summed E-state index contributed by atoms with van der Waals surface area (Å²) in [5.74, 6) is -0.00387. The van der Waals surface area contributed by atoms with Gasteiger partial charge in [-0.25, -0.2) is 4.98 Å². The van der Waals surface area contributed by atoms with Crippen LogP contribution >= 0.6 is 11.8 Å². The topological polar surface area (TPSA) is 76.0 Å². The lowest BCUT2D eigenvalue weighted by Crippen LogP contribution is -2.24. The summed E-state index contributed by atoms with van der Waals surface area (Å²) in [6.45, 7) is 2.53. The Morgan fingerprint density at radius 3 is 2.55 bits per heavy atom. The van der Waals surface area contributed by atoms with Crippen molar-refractivity contribution in [3.63, 3.8) is 0 Å². The molecule has 0 aliphatic heterocycles. The van der Waals surface area contributed by atoms with Crippen molar-refractivity contribution in [1.82, 2.24) is 14.9 Å². The fraction of sp³-hybridized carbons (Fsp3) is 0.115. The van der Waals surface area contributed by atoms with E-state index in [0.717, 1.165) is 16.9 Å². The molecule has 0 saturated heterocycles. The molecule has 0 atom stereocenters. The first-order valence-electron chi connectivity index (χ1n) is 10.5. The number of thioether (sulfide) groups is 1. The van der Waals surface area contributed by atoms with Crippen molar-refractivity contribution in [2.24, 2.45) is 0 Å². The van der Waals surface area contributed by atoms with E-state index in [2.05, 4.69) is 15.6 Å². The van der Waals surface area contributed by atoms with Gasteiger partial charge in [0.25, 0.3) is 5.91 Å². The van der Waals surface area contributed by atoms with E-state index in [9.17, 15) is 9.59 Å². The lowest BCUT2D eigenvalue weighted by atomic mass is 10.1. The molecule has 1 heterocycles.